The van der Waals surface area contributed by atoms with Gasteiger partial charge < -0.3 is 10.2 Å². The van der Waals surface area contributed by atoms with Gasteiger partial charge in [-0.15, -0.1) is 0 Å². The summed E-state index contributed by atoms with van der Waals surface area (Å²) < 4.78 is 0. The molecule has 0 bridgehead atoms. The largest absolute Gasteiger partial charge is 0.308 e. The molecular formula is C14H20N2O. The second-order valence-corrected chi connectivity index (χ2v) is 4.62. The number of anilines is 1. The Morgan fingerprint density at radius 3 is 3.00 bits per heavy atom. The van der Waals surface area contributed by atoms with E-state index in [-0.39, 0.29) is 11.9 Å². The van der Waals surface area contributed by atoms with Crippen molar-refractivity contribution in [3.8, 4) is 0 Å². The molecule has 0 saturated carbocycles. The molecule has 1 heterocycles. The molecule has 1 amide bonds. The molecule has 2 rings (SSSR count). The topological polar surface area (TPSA) is 32.3 Å². The number of carbonyl (C=O) groups is 1. The van der Waals surface area contributed by atoms with Crippen LogP contribution >= 0.6 is 0 Å². The Bertz CT molecular complexity index is 403. The highest BCUT2D eigenvalue weighted by molar-refractivity contribution is 5.97. The van der Waals surface area contributed by atoms with Gasteiger partial charge in [0.2, 0.25) is 5.91 Å². The molecule has 0 spiro atoms. The summed E-state index contributed by atoms with van der Waals surface area (Å²) in [5, 5.41) is 3.17. The van der Waals surface area contributed by atoms with E-state index in [0.717, 1.165) is 25.1 Å². The molecule has 0 radical (unpaired) electrons. The predicted molar refractivity (Wildman–Crippen MR) is 70.3 cm³/mol. The maximum absolute atomic E-state index is 12.2. The monoisotopic (exact) mass is 232 g/mol. The number of hydrogen-bond acceptors (Lipinski definition) is 2. The molecule has 1 aliphatic heterocycles. The summed E-state index contributed by atoms with van der Waals surface area (Å²) >= 11 is 0. The van der Waals surface area contributed by atoms with Crippen LogP contribution < -0.4 is 10.2 Å². The Labute approximate surface area is 103 Å². The number of hydrogen-bond donors (Lipinski definition) is 1. The van der Waals surface area contributed by atoms with Gasteiger partial charge in [-0.3, -0.25) is 4.79 Å². The molecule has 0 fully saturated rings. The van der Waals surface area contributed by atoms with Crippen LogP contribution in [0.1, 0.15) is 25.8 Å². The minimum atomic E-state index is 0.177. The van der Waals surface area contributed by atoms with Crippen LogP contribution in [0.3, 0.4) is 0 Å². The standard InChI is InChI=1S/C14H20N2O/c1-3-8-15-10-14(17)16-11(2)9-12-6-4-5-7-13(12)16/h4-7,11,15H,3,8-10H2,1-2H3. The number of benzene rings is 1. The molecule has 1 N–H and O–H groups in total. The predicted octanol–water partition coefficient (Wildman–Crippen LogP) is 1.96. The summed E-state index contributed by atoms with van der Waals surface area (Å²) in [6.07, 6.45) is 2.02. The molecule has 3 heteroatoms. The molecule has 17 heavy (non-hydrogen) atoms. The van der Waals surface area contributed by atoms with E-state index in [4.69, 9.17) is 0 Å². The lowest BCUT2D eigenvalue weighted by molar-refractivity contribution is -0.118. The summed E-state index contributed by atoms with van der Waals surface area (Å²) in [7, 11) is 0. The second-order valence-electron chi connectivity index (χ2n) is 4.62. The van der Waals surface area contributed by atoms with E-state index < -0.39 is 0 Å². The van der Waals surface area contributed by atoms with Crippen molar-refractivity contribution in [2.45, 2.75) is 32.7 Å². The first-order valence-electron chi connectivity index (χ1n) is 6.34. The van der Waals surface area contributed by atoms with Crippen molar-refractivity contribution in [1.82, 2.24) is 5.32 Å². The Hall–Kier alpha value is -1.35. The van der Waals surface area contributed by atoms with Gasteiger partial charge in [-0.1, -0.05) is 25.1 Å². The third-order valence-corrected chi connectivity index (χ3v) is 3.18. The highest BCUT2D eigenvalue weighted by Gasteiger charge is 2.29. The molecule has 1 aromatic rings. The minimum absolute atomic E-state index is 0.177. The van der Waals surface area contributed by atoms with Crippen molar-refractivity contribution in [2.24, 2.45) is 0 Å². The maximum Gasteiger partial charge on any atom is 0.241 e. The first-order valence-corrected chi connectivity index (χ1v) is 6.34. The number of nitrogens with zero attached hydrogens (tertiary/aromatic N) is 1. The fourth-order valence-corrected chi connectivity index (χ4v) is 2.40. The van der Waals surface area contributed by atoms with Gasteiger partial charge >= 0.3 is 0 Å². The van der Waals surface area contributed by atoms with Crippen LogP contribution in [0.25, 0.3) is 0 Å². The van der Waals surface area contributed by atoms with Crippen molar-refractivity contribution < 1.29 is 4.79 Å². The third kappa shape index (κ3) is 2.50. The van der Waals surface area contributed by atoms with Crippen LogP contribution in [0.5, 0.6) is 0 Å². The van der Waals surface area contributed by atoms with Crippen molar-refractivity contribution in [3.63, 3.8) is 0 Å². The van der Waals surface area contributed by atoms with Gasteiger partial charge in [0.15, 0.2) is 0 Å². The minimum Gasteiger partial charge on any atom is -0.308 e. The number of nitrogens with one attached hydrogen (secondary N) is 1. The molecule has 1 aromatic carbocycles. The molecule has 0 saturated heterocycles. The molecule has 3 nitrogen and oxygen atoms in total. The first-order chi connectivity index (χ1) is 8.24. The van der Waals surface area contributed by atoms with Crippen molar-refractivity contribution in [3.05, 3.63) is 29.8 Å². The molecule has 0 aliphatic carbocycles. The average molecular weight is 232 g/mol. The van der Waals surface area contributed by atoms with E-state index in [1.165, 1.54) is 5.56 Å². The second kappa shape index (κ2) is 5.32. The van der Waals surface area contributed by atoms with E-state index in [1.54, 1.807) is 0 Å². The van der Waals surface area contributed by atoms with Crippen molar-refractivity contribution in [2.75, 3.05) is 18.0 Å². The maximum atomic E-state index is 12.2. The number of fused-ring (bicyclic) bond motifs is 1. The normalized spacial score (nSPS) is 18.2. The zero-order valence-corrected chi connectivity index (χ0v) is 10.6. The lowest BCUT2D eigenvalue weighted by atomic mass is 10.1. The number of amides is 1. The molecule has 1 unspecified atom stereocenters. The highest BCUT2D eigenvalue weighted by atomic mass is 16.2. The zero-order chi connectivity index (χ0) is 12.3. The Morgan fingerprint density at radius 1 is 1.47 bits per heavy atom. The number of rotatable bonds is 4. The quantitative estimate of drug-likeness (QED) is 0.805. The van der Waals surface area contributed by atoms with Crippen molar-refractivity contribution in [1.29, 1.82) is 0 Å². The van der Waals surface area contributed by atoms with Gasteiger partial charge in [-0.2, -0.15) is 0 Å². The van der Waals surface area contributed by atoms with Gasteiger partial charge in [0.1, 0.15) is 0 Å². The molecule has 92 valence electrons. The summed E-state index contributed by atoms with van der Waals surface area (Å²) in [4.78, 5) is 14.1. The van der Waals surface area contributed by atoms with Crippen LogP contribution in [0, 0.1) is 0 Å². The molecular weight excluding hydrogens is 212 g/mol. The fraction of sp³-hybridized carbons (Fsp3) is 0.500. The van der Waals surface area contributed by atoms with E-state index in [0.29, 0.717) is 6.54 Å². The Balaban J connectivity index is 2.08. The Kier molecular flexibility index (Phi) is 3.79. The molecule has 1 aliphatic rings. The van der Waals surface area contributed by atoms with Gasteiger partial charge in [0.05, 0.1) is 6.54 Å². The van der Waals surface area contributed by atoms with Gasteiger partial charge in [0.25, 0.3) is 0 Å². The van der Waals surface area contributed by atoms with E-state index in [2.05, 4.69) is 25.2 Å². The average Bonchev–Trinajstić information content (AvgIpc) is 2.65. The van der Waals surface area contributed by atoms with Crippen LogP contribution in [-0.2, 0) is 11.2 Å². The van der Waals surface area contributed by atoms with Gasteiger partial charge in [-0.05, 0) is 37.9 Å². The number of para-hydroxylation sites is 1. The number of carbonyl (C=O) groups excluding carboxylic acids is 1. The van der Waals surface area contributed by atoms with Gasteiger partial charge in [-0.25, -0.2) is 0 Å². The van der Waals surface area contributed by atoms with E-state index >= 15 is 0 Å². The summed E-state index contributed by atoms with van der Waals surface area (Å²) in [6.45, 7) is 5.55. The molecule has 1 atom stereocenters. The smallest absolute Gasteiger partial charge is 0.241 e. The summed E-state index contributed by atoms with van der Waals surface area (Å²) in [6, 6.07) is 8.46. The Morgan fingerprint density at radius 2 is 2.24 bits per heavy atom. The molecule has 0 aromatic heterocycles. The van der Waals surface area contributed by atoms with Crippen LogP contribution in [0.4, 0.5) is 5.69 Å². The lowest BCUT2D eigenvalue weighted by Gasteiger charge is -2.22. The fourth-order valence-electron chi connectivity index (χ4n) is 2.40. The van der Waals surface area contributed by atoms with E-state index in [9.17, 15) is 4.79 Å². The third-order valence-electron chi connectivity index (χ3n) is 3.18. The summed E-state index contributed by atoms with van der Waals surface area (Å²) in [5.41, 5.74) is 2.37. The summed E-state index contributed by atoms with van der Waals surface area (Å²) in [5.74, 6) is 0.177. The van der Waals surface area contributed by atoms with Gasteiger partial charge in [0, 0.05) is 11.7 Å². The zero-order valence-electron chi connectivity index (χ0n) is 10.6. The van der Waals surface area contributed by atoms with Crippen molar-refractivity contribution >= 4 is 11.6 Å². The van der Waals surface area contributed by atoms with E-state index in [1.807, 2.05) is 23.1 Å². The highest BCUT2D eigenvalue weighted by Crippen LogP contribution is 2.31. The van der Waals surface area contributed by atoms with Crippen LogP contribution in [0.15, 0.2) is 24.3 Å². The SMILES string of the molecule is CCCNCC(=O)N1c2ccccc2CC1C. The first kappa shape index (κ1) is 12.1. The van der Waals surface area contributed by atoms with Crippen LogP contribution in [0.2, 0.25) is 0 Å². The van der Waals surface area contributed by atoms with Crippen LogP contribution in [-0.4, -0.2) is 25.0 Å². The lowest BCUT2D eigenvalue weighted by Crippen LogP contribution is -2.41.